The molecule has 0 fully saturated rings. The number of benzene rings is 1. The Hall–Kier alpha value is -1.68. The number of aromatic nitrogens is 3. The fourth-order valence-electron chi connectivity index (χ4n) is 1.29. The predicted molar refractivity (Wildman–Crippen MR) is 52.1 cm³/mol. The lowest BCUT2D eigenvalue weighted by Crippen LogP contribution is -2.02. The van der Waals surface area contributed by atoms with Gasteiger partial charge in [0.15, 0.2) is 0 Å². The van der Waals surface area contributed by atoms with Gasteiger partial charge in [-0.05, 0) is 12.1 Å². The SMILES string of the molecule is COCc1cnnn1-c1ccccc1. The number of hydrogen-bond donors (Lipinski definition) is 0. The molecule has 4 nitrogen and oxygen atoms in total. The molecular weight excluding hydrogens is 178 g/mol. The normalized spacial score (nSPS) is 10.4. The van der Waals surface area contributed by atoms with Gasteiger partial charge in [-0.15, -0.1) is 5.10 Å². The minimum Gasteiger partial charge on any atom is -0.378 e. The zero-order valence-corrected chi connectivity index (χ0v) is 7.92. The van der Waals surface area contributed by atoms with Crippen molar-refractivity contribution in [2.75, 3.05) is 7.11 Å². The van der Waals surface area contributed by atoms with Gasteiger partial charge in [-0.25, -0.2) is 4.68 Å². The molecule has 1 heterocycles. The van der Waals surface area contributed by atoms with Crippen molar-refractivity contribution in [3.05, 3.63) is 42.2 Å². The molecule has 0 radical (unpaired) electrons. The van der Waals surface area contributed by atoms with Crippen molar-refractivity contribution in [1.82, 2.24) is 15.0 Å². The van der Waals surface area contributed by atoms with Crippen LogP contribution in [0.25, 0.3) is 5.69 Å². The van der Waals surface area contributed by atoms with Gasteiger partial charge in [0.05, 0.1) is 24.2 Å². The molecule has 0 bridgehead atoms. The Kier molecular flexibility index (Phi) is 2.55. The Labute approximate surface area is 82.1 Å². The number of rotatable bonds is 3. The largest absolute Gasteiger partial charge is 0.378 e. The molecular formula is C10H11N3O. The summed E-state index contributed by atoms with van der Waals surface area (Å²) in [6.45, 7) is 0.516. The molecule has 0 saturated carbocycles. The Morgan fingerprint density at radius 2 is 2.07 bits per heavy atom. The maximum Gasteiger partial charge on any atom is 0.0902 e. The van der Waals surface area contributed by atoms with Gasteiger partial charge in [0.25, 0.3) is 0 Å². The van der Waals surface area contributed by atoms with Crippen molar-refractivity contribution < 1.29 is 4.74 Å². The lowest BCUT2D eigenvalue weighted by Gasteiger charge is -2.04. The van der Waals surface area contributed by atoms with Gasteiger partial charge in [0, 0.05) is 7.11 Å². The average Bonchev–Trinajstić information content (AvgIpc) is 2.68. The van der Waals surface area contributed by atoms with Crippen LogP contribution in [0.4, 0.5) is 0 Å². The van der Waals surface area contributed by atoms with Crippen LogP contribution in [0.1, 0.15) is 5.69 Å². The Balaban J connectivity index is 2.37. The summed E-state index contributed by atoms with van der Waals surface area (Å²) in [4.78, 5) is 0. The van der Waals surface area contributed by atoms with Crippen LogP contribution in [0.2, 0.25) is 0 Å². The standard InChI is InChI=1S/C10H11N3O/c1-14-8-10-7-11-12-13(10)9-5-3-2-4-6-9/h2-7H,8H2,1H3. The number of hydrogen-bond acceptors (Lipinski definition) is 3. The van der Waals surface area contributed by atoms with Crippen LogP contribution in [-0.4, -0.2) is 22.1 Å². The Morgan fingerprint density at radius 3 is 2.79 bits per heavy atom. The van der Waals surface area contributed by atoms with E-state index in [4.69, 9.17) is 4.74 Å². The van der Waals surface area contributed by atoms with E-state index in [2.05, 4.69) is 10.3 Å². The molecule has 14 heavy (non-hydrogen) atoms. The molecule has 2 rings (SSSR count). The fourth-order valence-corrected chi connectivity index (χ4v) is 1.29. The third-order valence-electron chi connectivity index (χ3n) is 1.91. The molecule has 4 heteroatoms. The number of methoxy groups -OCH3 is 1. The predicted octanol–water partition coefficient (Wildman–Crippen LogP) is 1.41. The fraction of sp³-hybridized carbons (Fsp3) is 0.200. The van der Waals surface area contributed by atoms with Crippen LogP contribution >= 0.6 is 0 Å². The third kappa shape index (κ3) is 1.65. The van der Waals surface area contributed by atoms with Crippen LogP contribution in [0.15, 0.2) is 36.5 Å². The maximum absolute atomic E-state index is 5.05. The zero-order chi connectivity index (χ0) is 9.80. The van der Waals surface area contributed by atoms with Gasteiger partial charge >= 0.3 is 0 Å². The Morgan fingerprint density at radius 1 is 1.29 bits per heavy atom. The average molecular weight is 189 g/mol. The van der Waals surface area contributed by atoms with E-state index < -0.39 is 0 Å². The number of nitrogens with zero attached hydrogens (tertiary/aromatic N) is 3. The smallest absolute Gasteiger partial charge is 0.0902 e. The molecule has 0 spiro atoms. The summed E-state index contributed by atoms with van der Waals surface area (Å²) in [7, 11) is 1.66. The molecule has 0 N–H and O–H groups in total. The van der Waals surface area contributed by atoms with E-state index in [1.54, 1.807) is 18.0 Å². The van der Waals surface area contributed by atoms with Gasteiger partial charge in [-0.2, -0.15) is 0 Å². The van der Waals surface area contributed by atoms with E-state index in [0.717, 1.165) is 11.4 Å². The Bertz CT molecular complexity index is 397. The molecule has 0 amide bonds. The highest BCUT2D eigenvalue weighted by Gasteiger charge is 2.04. The lowest BCUT2D eigenvalue weighted by atomic mass is 10.3. The number of ether oxygens (including phenoxy) is 1. The maximum atomic E-state index is 5.05. The first-order chi connectivity index (χ1) is 6.92. The summed E-state index contributed by atoms with van der Waals surface area (Å²) in [5.74, 6) is 0. The van der Waals surface area contributed by atoms with E-state index >= 15 is 0 Å². The summed E-state index contributed by atoms with van der Waals surface area (Å²) in [6, 6.07) is 9.86. The second-order valence-corrected chi connectivity index (χ2v) is 2.91. The molecule has 0 unspecified atom stereocenters. The van der Waals surface area contributed by atoms with E-state index in [0.29, 0.717) is 6.61 Å². The summed E-state index contributed by atoms with van der Waals surface area (Å²) >= 11 is 0. The van der Waals surface area contributed by atoms with Gasteiger partial charge in [0.1, 0.15) is 0 Å². The van der Waals surface area contributed by atoms with Crippen molar-refractivity contribution in [3.8, 4) is 5.69 Å². The molecule has 1 aromatic carbocycles. The quantitative estimate of drug-likeness (QED) is 0.733. The van der Waals surface area contributed by atoms with E-state index in [1.807, 2.05) is 30.3 Å². The van der Waals surface area contributed by atoms with Crippen LogP contribution in [0.5, 0.6) is 0 Å². The van der Waals surface area contributed by atoms with Crippen LogP contribution in [0, 0.1) is 0 Å². The minimum absolute atomic E-state index is 0.516. The summed E-state index contributed by atoms with van der Waals surface area (Å²) in [6.07, 6.45) is 1.70. The van der Waals surface area contributed by atoms with Crippen LogP contribution in [-0.2, 0) is 11.3 Å². The second-order valence-electron chi connectivity index (χ2n) is 2.91. The monoisotopic (exact) mass is 189 g/mol. The van der Waals surface area contributed by atoms with Crippen molar-refractivity contribution in [2.24, 2.45) is 0 Å². The van der Waals surface area contributed by atoms with Gasteiger partial charge in [0.2, 0.25) is 0 Å². The molecule has 0 aliphatic carbocycles. The van der Waals surface area contributed by atoms with E-state index in [9.17, 15) is 0 Å². The van der Waals surface area contributed by atoms with Crippen molar-refractivity contribution >= 4 is 0 Å². The second kappa shape index (κ2) is 4.02. The van der Waals surface area contributed by atoms with Crippen molar-refractivity contribution in [2.45, 2.75) is 6.61 Å². The van der Waals surface area contributed by atoms with Gasteiger partial charge < -0.3 is 4.74 Å². The van der Waals surface area contributed by atoms with Crippen LogP contribution < -0.4 is 0 Å². The highest BCUT2D eigenvalue weighted by molar-refractivity contribution is 5.31. The molecule has 72 valence electrons. The molecule has 0 aliphatic rings. The minimum atomic E-state index is 0.516. The van der Waals surface area contributed by atoms with E-state index in [-0.39, 0.29) is 0 Å². The van der Waals surface area contributed by atoms with Gasteiger partial charge in [-0.1, -0.05) is 23.4 Å². The third-order valence-corrected chi connectivity index (χ3v) is 1.91. The highest BCUT2D eigenvalue weighted by atomic mass is 16.5. The van der Waals surface area contributed by atoms with Crippen molar-refractivity contribution in [3.63, 3.8) is 0 Å². The molecule has 0 atom stereocenters. The molecule has 1 aromatic heterocycles. The number of para-hydroxylation sites is 1. The highest BCUT2D eigenvalue weighted by Crippen LogP contribution is 2.08. The van der Waals surface area contributed by atoms with Crippen molar-refractivity contribution in [1.29, 1.82) is 0 Å². The lowest BCUT2D eigenvalue weighted by molar-refractivity contribution is 0.179. The van der Waals surface area contributed by atoms with Gasteiger partial charge in [-0.3, -0.25) is 0 Å². The first-order valence-corrected chi connectivity index (χ1v) is 4.36. The topological polar surface area (TPSA) is 39.9 Å². The zero-order valence-electron chi connectivity index (χ0n) is 7.92. The van der Waals surface area contributed by atoms with E-state index in [1.165, 1.54) is 0 Å². The first-order valence-electron chi connectivity index (χ1n) is 4.36. The van der Waals surface area contributed by atoms with Crippen LogP contribution in [0.3, 0.4) is 0 Å². The first kappa shape index (κ1) is 8.90. The summed E-state index contributed by atoms with van der Waals surface area (Å²) < 4.78 is 6.81. The molecule has 2 aromatic rings. The molecule has 0 aliphatic heterocycles. The summed E-state index contributed by atoms with van der Waals surface area (Å²) in [5, 5.41) is 7.84. The molecule has 0 saturated heterocycles. The summed E-state index contributed by atoms with van der Waals surface area (Å²) in [5.41, 5.74) is 1.94.